The average molecular weight is 326 g/mol. The topological polar surface area (TPSA) is 85.4 Å². The van der Waals surface area contributed by atoms with Crippen molar-refractivity contribution in [2.24, 2.45) is 11.8 Å². The lowest BCUT2D eigenvalue weighted by Crippen LogP contribution is -2.32. The van der Waals surface area contributed by atoms with Gasteiger partial charge < -0.3 is 19.3 Å². The van der Waals surface area contributed by atoms with Gasteiger partial charge in [-0.2, -0.15) is 0 Å². The van der Waals surface area contributed by atoms with Gasteiger partial charge in [-0.15, -0.1) is 0 Å². The molecule has 3 aliphatic rings. The molecule has 0 aromatic heterocycles. The Labute approximate surface area is 136 Å². The van der Waals surface area contributed by atoms with Crippen LogP contribution in [0.2, 0.25) is 0 Å². The average Bonchev–Trinajstić information content (AvgIpc) is 3.31. The molecule has 3 fully saturated rings. The van der Waals surface area contributed by atoms with Crippen molar-refractivity contribution in [1.29, 1.82) is 0 Å². The second-order valence-corrected chi connectivity index (χ2v) is 7.12. The van der Waals surface area contributed by atoms with Crippen LogP contribution in [0.4, 0.5) is 0 Å². The number of ether oxygens (including phenoxy) is 3. The third-order valence-electron chi connectivity index (χ3n) is 5.09. The molecule has 1 N–H and O–H groups in total. The maximum absolute atomic E-state index is 12.1. The second kappa shape index (κ2) is 7.18. The number of hydrogen-bond acceptors (Lipinski definition) is 6. The maximum Gasteiger partial charge on any atom is 0.309 e. The molecular formula is C17H26O6. The molecule has 0 radical (unpaired) electrons. The van der Waals surface area contributed by atoms with Crippen molar-refractivity contribution in [3.05, 3.63) is 0 Å². The van der Waals surface area contributed by atoms with Crippen molar-refractivity contribution in [2.75, 3.05) is 6.61 Å². The fourth-order valence-electron chi connectivity index (χ4n) is 3.64. The summed E-state index contributed by atoms with van der Waals surface area (Å²) in [6.07, 6.45) is 5.06. The zero-order valence-corrected chi connectivity index (χ0v) is 13.6. The van der Waals surface area contributed by atoms with E-state index in [1.165, 1.54) is 0 Å². The summed E-state index contributed by atoms with van der Waals surface area (Å²) in [5.41, 5.74) is 0. The minimum Gasteiger partial charge on any atom is -0.462 e. The molecule has 0 aromatic carbocycles. The normalized spacial score (nSPS) is 37.4. The van der Waals surface area contributed by atoms with E-state index in [-0.39, 0.29) is 36.5 Å². The van der Waals surface area contributed by atoms with E-state index in [1.807, 2.05) is 0 Å². The number of fused-ring (bicyclic) bond motifs is 1. The van der Waals surface area contributed by atoms with Gasteiger partial charge in [0, 0.05) is 0 Å². The summed E-state index contributed by atoms with van der Waals surface area (Å²) in [6, 6.07) is 0. The zero-order valence-electron chi connectivity index (χ0n) is 13.6. The van der Waals surface area contributed by atoms with E-state index >= 15 is 0 Å². The Morgan fingerprint density at radius 1 is 1.09 bits per heavy atom. The van der Waals surface area contributed by atoms with Crippen LogP contribution in [0.25, 0.3) is 0 Å². The molecule has 6 unspecified atom stereocenters. The summed E-state index contributed by atoms with van der Waals surface area (Å²) in [5, 5.41) is 9.62. The van der Waals surface area contributed by atoms with Crippen LogP contribution in [0.15, 0.2) is 0 Å². The van der Waals surface area contributed by atoms with Crippen LogP contribution in [0.1, 0.15) is 51.9 Å². The van der Waals surface area contributed by atoms with E-state index in [0.29, 0.717) is 12.5 Å². The number of aliphatic hydroxyl groups is 1. The number of hydrogen-bond donors (Lipinski definition) is 1. The van der Waals surface area contributed by atoms with Gasteiger partial charge in [0.1, 0.15) is 12.7 Å². The number of esters is 2. The first-order chi connectivity index (χ1) is 11.0. The van der Waals surface area contributed by atoms with E-state index in [4.69, 9.17) is 14.2 Å². The molecule has 6 atom stereocenters. The first-order valence-corrected chi connectivity index (χ1v) is 8.73. The van der Waals surface area contributed by atoms with E-state index < -0.39 is 12.2 Å². The third kappa shape index (κ3) is 4.44. The number of carbonyl (C=O) groups is 2. The van der Waals surface area contributed by atoms with Crippen LogP contribution in [0.5, 0.6) is 0 Å². The number of aliphatic hydroxyl groups excluding tert-OH is 1. The minimum atomic E-state index is -0.459. The van der Waals surface area contributed by atoms with Crippen LogP contribution in [-0.2, 0) is 23.8 Å². The fourth-order valence-corrected chi connectivity index (χ4v) is 3.64. The summed E-state index contributed by atoms with van der Waals surface area (Å²) >= 11 is 0. The molecule has 0 bridgehead atoms. The van der Waals surface area contributed by atoms with Gasteiger partial charge in [0.15, 0.2) is 0 Å². The molecule has 3 rings (SSSR count). The Morgan fingerprint density at radius 2 is 1.87 bits per heavy atom. The first kappa shape index (κ1) is 16.7. The number of carbonyl (C=O) groups excluding carboxylic acids is 2. The summed E-state index contributed by atoms with van der Waals surface area (Å²) in [5.74, 6) is -0.830. The molecule has 130 valence electrons. The Morgan fingerprint density at radius 3 is 2.61 bits per heavy atom. The highest BCUT2D eigenvalue weighted by Crippen LogP contribution is 2.39. The largest absolute Gasteiger partial charge is 0.462 e. The van der Waals surface area contributed by atoms with Gasteiger partial charge in [0.2, 0.25) is 0 Å². The van der Waals surface area contributed by atoms with Crippen molar-refractivity contribution in [2.45, 2.75) is 76.3 Å². The van der Waals surface area contributed by atoms with Crippen molar-refractivity contribution in [1.82, 2.24) is 0 Å². The fraction of sp³-hybridized carbons (Fsp3) is 0.882. The van der Waals surface area contributed by atoms with Crippen molar-refractivity contribution < 1.29 is 28.9 Å². The van der Waals surface area contributed by atoms with Gasteiger partial charge in [0.05, 0.1) is 30.1 Å². The van der Waals surface area contributed by atoms with Crippen molar-refractivity contribution >= 4 is 11.9 Å². The smallest absolute Gasteiger partial charge is 0.309 e. The van der Waals surface area contributed by atoms with Gasteiger partial charge in [-0.3, -0.25) is 9.59 Å². The Hall–Kier alpha value is -1.14. The maximum atomic E-state index is 12.1. The Balaban J connectivity index is 1.36. The summed E-state index contributed by atoms with van der Waals surface area (Å²) in [7, 11) is 0. The lowest BCUT2D eigenvalue weighted by atomic mass is 9.87. The molecular weight excluding hydrogens is 300 g/mol. The molecule has 23 heavy (non-hydrogen) atoms. The molecule has 0 aromatic rings. The molecule has 0 amide bonds. The van der Waals surface area contributed by atoms with Gasteiger partial charge in [-0.05, 0) is 45.4 Å². The van der Waals surface area contributed by atoms with E-state index in [1.54, 1.807) is 6.92 Å². The molecule has 2 aliphatic carbocycles. The van der Waals surface area contributed by atoms with Crippen LogP contribution < -0.4 is 0 Å². The SMILES string of the molecule is CC(COC(=O)C1CCC2OC2C1)OC(=O)C1CCCC(O)C1. The van der Waals surface area contributed by atoms with Gasteiger partial charge in [0.25, 0.3) is 0 Å². The van der Waals surface area contributed by atoms with Crippen LogP contribution in [0.3, 0.4) is 0 Å². The predicted molar refractivity (Wildman–Crippen MR) is 80.5 cm³/mol. The monoisotopic (exact) mass is 326 g/mol. The summed E-state index contributed by atoms with van der Waals surface area (Å²) in [4.78, 5) is 24.1. The highest BCUT2D eigenvalue weighted by atomic mass is 16.6. The molecule has 6 nitrogen and oxygen atoms in total. The van der Waals surface area contributed by atoms with Crippen LogP contribution in [0, 0.1) is 11.8 Å². The summed E-state index contributed by atoms with van der Waals surface area (Å²) < 4.78 is 16.1. The summed E-state index contributed by atoms with van der Waals surface area (Å²) in [6.45, 7) is 1.82. The van der Waals surface area contributed by atoms with E-state index in [0.717, 1.165) is 38.5 Å². The molecule has 1 aliphatic heterocycles. The quantitative estimate of drug-likeness (QED) is 0.610. The lowest BCUT2D eigenvalue weighted by Gasteiger charge is -2.26. The third-order valence-corrected chi connectivity index (χ3v) is 5.09. The highest BCUT2D eigenvalue weighted by Gasteiger charge is 2.46. The standard InChI is InChI=1S/C17H26O6/c1-10(22-17(20)11-3-2-4-13(18)7-11)9-21-16(19)12-5-6-14-15(8-12)23-14/h10-15,18H,2-9H2,1H3. The minimum absolute atomic E-state index is 0.0878. The lowest BCUT2D eigenvalue weighted by molar-refractivity contribution is -0.165. The van der Waals surface area contributed by atoms with E-state index in [2.05, 4.69) is 0 Å². The predicted octanol–water partition coefficient (Wildman–Crippen LogP) is 1.58. The second-order valence-electron chi connectivity index (χ2n) is 7.12. The Bertz CT molecular complexity index is 450. The molecule has 6 heteroatoms. The van der Waals surface area contributed by atoms with E-state index in [9.17, 15) is 14.7 Å². The van der Waals surface area contributed by atoms with Crippen LogP contribution in [-0.4, -0.2) is 48.1 Å². The number of rotatable bonds is 5. The Kier molecular flexibility index (Phi) is 5.21. The first-order valence-electron chi connectivity index (χ1n) is 8.73. The van der Waals surface area contributed by atoms with Gasteiger partial charge in [-0.25, -0.2) is 0 Å². The van der Waals surface area contributed by atoms with Gasteiger partial charge >= 0.3 is 11.9 Å². The van der Waals surface area contributed by atoms with Crippen molar-refractivity contribution in [3.8, 4) is 0 Å². The van der Waals surface area contributed by atoms with Crippen LogP contribution >= 0.6 is 0 Å². The zero-order chi connectivity index (χ0) is 16.4. The molecule has 1 saturated heterocycles. The van der Waals surface area contributed by atoms with Gasteiger partial charge in [-0.1, -0.05) is 6.42 Å². The molecule has 2 saturated carbocycles. The molecule has 1 heterocycles. The highest BCUT2D eigenvalue weighted by molar-refractivity contribution is 5.73. The molecule has 0 spiro atoms. The number of epoxide rings is 1. The van der Waals surface area contributed by atoms with Crippen molar-refractivity contribution in [3.63, 3.8) is 0 Å².